The highest BCUT2D eigenvalue weighted by molar-refractivity contribution is 5.91. The van der Waals surface area contributed by atoms with Crippen LogP contribution in [0.1, 0.15) is 57.6 Å². The maximum atomic E-state index is 12.2. The molecule has 0 saturated heterocycles. The van der Waals surface area contributed by atoms with Crippen LogP contribution < -0.4 is 4.74 Å². The van der Waals surface area contributed by atoms with E-state index in [1.54, 1.807) is 32.1 Å². The summed E-state index contributed by atoms with van der Waals surface area (Å²) in [4.78, 5) is 23.2. The monoisotopic (exact) mass is 374 g/mol. The Morgan fingerprint density at radius 1 is 1.22 bits per heavy atom. The molecule has 0 aliphatic heterocycles. The number of methoxy groups -OCH3 is 1. The fourth-order valence-corrected chi connectivity index (χ4v) is 2.88. The Kier molecular flexibility index (Phi) is 8.44. The molecule has 5 heteroatoms. The number of carbonyl (C=O) groups excluding carboxylic acids is 2. The predicted molar refractivity (Wildman–Crippen MR) is 107 cm³/mol. The first-order chi connectivity index (χ1) is 12.5. The molecule has 148 valence electrons. The third kappa shape index (κ3) is 8.22. The van der Waals surface area contributed by atoms with E-state index in [1.807, 2.05) is 13.8 Å². The van der Waals surface area contributed by atoms with Crippen molar-refractivity contribution in [2.24, 2.45) is 0 Å². The number of Topliss-reactive ketones (excluding diaryl/α,β-unsaturated/α-hetero) is 1. The SMILES string of the molecule is COc1c(C)cc(O)cc1/C=C/C(C)(O)CC(=O)/C=C(/C)CCCC(C)=O. The average molecular weight is 374 g/mol. The first kappa shape index (κ1) is 22.6. The van der Waals surface area contributed by atoms with E-state index in [0.29, 0.717) is 24.2 Å². The largest absolute Gasteiger partial charge is 0.508 e. The quantitative estimate of drug-likeness (QED) is 0.601. The van der Waals surface area contributed by atoms with E-state index in [9.17, 15) is 19.8 Å². The van der Waals surface area contributed by atoms with Crippen molar-refractivity contribution in [1.29, 1.82) is 0 Å². The summed E-state index contributed by atoms with van der Waals surface area (Å²) in [7, 11) is 1.54. The Morgan fingerprint density at radius 3 is 2.48 bits per heavy atom. The first-order valence-corrected chi connectivity index (χ1v) is 9.02. The van der Waals surface area contributed by atoms with Crippen LogP contribution in [0.2, 0.25) is 0 Å². The number of aromatic hydroxyl groups is 1. The van der Waals surface area contributed by atoms with Crippen molar-refractivity contribution in [3.05, 3.63) is 41.0 Å². The molecule has 0 fully saturated rings. The summed E-state index contributed by atoms with van der Waals surface area (Å²) in [6, 6.07) is 3.14. The van der Waals surface area contributed by atoms with Crippen LogP contribution in [0.5, 0.6) is 11.5 Å². The highest BCUT2D eigenvalue weighted by Gasteiger charge is 2.20. The molecule has 0 heterocycles. The molecule has 2 N–H and O–H groups in total. The minimum atomic E-state index is -1.34. The number of ketones is 2. The Hall–Kier alpha value is -2.40. The number of phenols is 1. The number of allylic oxidation sites excluding steroid dienone is 2. The van der Waals surface area contributed by atoms with Gasteiger partial charge in [-0.05, 0) is 64.3 Å². The number of aliphatic hydroxyl groups is 1. The lowest BCUT2D eigenvalue weighted by molar-refractivity contribution is -0.118. The van der Waals surface area contributed by atoms with Gasteiger partial charge in [0.2, 0.25) is 0 Å². The molecule has 0 aliphatic carbocycles. The van der Waals surface area contributed by atoms with Crippen molar-refractivity contribution >= 4 is 17.6 Å². The number of hydrogen-bond acceptors (Lipinski definition) is 5. The zero-order valence-electron chi connectivity index (χ0n) is 16.8. The number of carbonyl (C=O) groups is 2. The van der Waals surface area contributed by atoms with Crippen LogP contribution in [0.25, 0.3) is 6.08 Å². The molecule has 27 heavy (non-hydrogen) atoms. The Labute approximate surface area is 161 Å². The molecule has 1 atom stereocenters. The van der Waals surface area contributed by atoms with Crippen molar-refractivity contribution < 1.29 is 24.5 Å². The smallest absolute Gasteiger partial charge is 0.158 e. The predicted octanol–water partition coefficient (Wildman–Crippen LogP) is 4.14. The standard InChI is InChI=1S/C22H30O5/c1-15(7-6-8-17(3)23)11-20(25)14-22(4,26)10-9-18-13-19(24)12-16(2)21(18)27-5/h9-13,24,26H,6-8,14H2,1-5H3/b10-9+,15-11-. The van der Waals surface area contributed by atoms with Crippen LogP contribution in [0.3, 0.4) is 0 Å². The zero-order chi connectivity index (χ0) is 20.6. The van der Waals surface area contributed by atoms with Gasteiger partial charge in [-0.3, -0.25) is 4.79 Å². The average Bonchev–Trinajstić information content (AvgIpc) is 2.51. The van der Waals surface area contributed by atoms with Gasteiger partial charge in [-0.2, -0.15) is 0 Å². The molecular weight excluding hydrogens is 344 g/mol. The van der Waals surface area contributed by atoms with Crippen molar-refractivity contribution in [1.82, 2.24) is 0 Å². The minimum absolute atomic E-state index is 0.0618. The van der Waals surface area contributed by atoms with Crippen LogP contribution in [-0.2, 0) is 9.59 Å². The second-order valence-corrected chi connectivity index (χ2v) is 7.26. The van der Waals surface area contributed by atoms with Gasteiger partial charge in [-0.1, -0.05) is 17.7 Å². The summed E-state index contributed by atoms with van der Waals surface area (Å²) in [5.41, 5.74) is 0.958. The molecule has 0 saturated carbocycles. The highest BCUT2D eigenvalue weighted by atomic mass is 16.5. The maximum Gasteiger partial charge on any atom is 0.158 e. The highest BCUT2D eigenvalue weighted by Crippen LogP contribution is 2.30. The lowest BCUT2D eigenvalue weighted by Crippen LogP contribution is -2.24. The molecule has 1 aromatic rings. The number of benzene rings is 1. The second kappa shape index (κ2) is 10.1. The van der Waals surface area contributed by atoms with Gasteiger partial charge < -0.3 is 19.7 Å². The topological polar surface area (TPSA) is 83.8 Å². The van der Waals surface area contributed by atoms with Crippen molar-refractivity contribution in [3.63, 3.8) is 0 Å². The van der Waals surface area contributed by atoms with Gasteiger partial charge in [0, 0.05) is 18.4 Å². The molecule has 0 bridgehead atoms. The van der Waals surface area contributed by atoms with E-state index in [0.717, 1.165) is 17.6 Å². The molecule has 0 spiro atoms. The third-order valence-electron chi connectivity index (χ3n) is 4.15. The minimum Gasteiger partial charge on any atom is -0.508 e. The van der Waals surface area contributed by atoms with Gasteiger partial charge in [0.25, 0.3) is 0 Å². The van der Waals surface area contributed by atoms with Gasteiger partial charge >= 0.3 is 0 Å². The maximum absolute atomic E-state index is 12.2. The van der Waals surface area contributed by atoms with E-state index in [4.69, 9.17) is 4.74 Å². The molecule has 1 aromatic carbocycles. The van der Waals surface area contributed by atoms with Crippen molar-refractivity contribution in [2.45, 2.75) is 59.0 Å². The van der Waals surface area contributed by atoms with Crippen molar-refractivity contribution in [2.75, 3.05) is 7.11 Å². The molecule has 0 aromatic heterocycles. The van der Waals surface area contributed by atoms with Crippen LogP contribution >= 0.6 is 0 Å². The first-order valence-electron chi connectivity index (χ1n) is 9.02. The van der Waals surface area contributed by atoms with Crippen LogP contribution in [-0.4, -0.2) is 34.5 Å². The van der Waals surface area contributed by atoms with E-state index >= 15 is 0 Å². The van der Waals surface area contributed by atoms with Gasteiger partial charge in [-0.25, -0.2) is 0 Å². The number of hydrogen-bond donors (Lipinski definition) is 2. The van der Waals surface area contributed by atoms with Gasteiger partial charge in [-0.15, -0.1) is 0 Å². The summed E-state index contributed by atoms with van der Waals surface area (Å²) in [5.74, 6) is 0.670. The van der Waals surface area contributed by atoms with Crippen molar-refractivity contribution in [3.8, 4) is 11.5 Å². The Bertz CT molecular complexity index is 741. The number of aryl methyl sites for hydroxylation is 1. The molecule has 5 nitrogen and oxygen atoms in total. The van der Waals surface area contributed by atoms with Gasteiger partial charge in [0.15, 0.2) is 5.78 Å². The molecule has 0 aliphatic rings. The number of phenolic OH excluding ortho intramolecular Hbond substituents is 1. The summed E-state index contributed by atoms with van der Waals surface area (Å²) in [6.07, 6.45) is 6.55. The molecule has 1 unspecified atom stereocenters. The molecule has 1 rings (SSSR count). The lowest BCUT2D eigenvalue weighted by atomic mass is 9.95. The molecular formula is C22H30O5. The van der Waals surface area contributed by atoms with Crippen LogP contribution in [0, 0.1) is 6.92 Å². The summed E-state index contributed by atoms with van der Waals surface area (Å²) in [5, 5.41) is 20.3. The summed E-state index contributed by atoms with van der Waals surface area (Å²) in [6.45, 7) is 6.78. The van der Waals surface area contributed by atoms with Gasteiger partial charge in [0.05, 0.1) is 12.7 Å². The normalized spacial score (nSPS) is 14.2. The summed E-state index contributed by atoms with van der Waals surface area (Å²) < 4.78 is 5.34. The third-order valence-corrected chi connectivity index (χ3v) is 4.15. The van der Waals surface area contributed by atoms with Crippen LogP contribution in [0.15, 0.2) is 29.9 Å². The number of ether oxygens (including phenoxy) is 1. The van der Waals surface area contributed by atoms with Crippen LogP contribution in [0.4, 0.5) is 0 Å². The van der Waals surface area contributed by atoms with E-state index < -0.39 is 5.60 Å². The number of rotatable bonds is 10. The van der Waals surface area contributed by atoms with E-state index in [1.165, 1.54) is 19.3 Å². The summed E-state index contributed by atoms with van der Waals surface area (Å²) >= 11 is 0. The molecule has 0 radical (unpaired) electrons. The van der Waals surface area contributed by atoms with Gasteiger partial charge in [0.1, 0.15) is 17.3 Å². The Balaban J connectivity index is 2.79. The van der Waals surface area contributed by atoms with E-state index in [-0.39, 0.29) is 23.7 Å². The fourth-order valence-electron chi connectivity index (χ4n) is 2.88. The molecule has 0 amide bonds. The second-order valence-electron chi connectivity index (χ2n) is 7.26. The zero-order valence-corrected chi connectivity index (χ0v) is 16.8. The Morgan fingerprint density at radius 2 is 1.89 bits per heavy atom. The lowest BCUT2D eigenvalue weighted by Gasteiger charge is -2.18. The van der Waals surface area contributed by atoms with E-state index in [2.05, 4.69) is 0 Å². The fraction of sp³-hybridized carbons (Fsp3) is 0.455.